The van der Waals surface area contributed by atoms with Crippen LogP contribution in [-0.2, 0) is 11.3 Å². The number of imidazole rings is 1. The van der Waals surface area contributed by atoms with Gasteiger partial charge in [-0.25, -0.2) is 4.98 Å². The molecule has 3 nitrogen and oxygen atoms in total. The molecule has 1 aromatic heterocycles. The standard InChI is InChI=1S/C23H21ClN2OS/c1-27-15-14-26-21-13-12-18(24)16-20(21)25-23(26)22(17-8-4-2-5-9-17)28-19-10-6-3-7-11-19/h2-13,16,22H,14-15H2,1H3. The third-order valence-corrected chi connectivity index (χ3v) is 6.09. The molecule has 4 rings (SSSR count). The SMILES string of the molecule is COCCn1c(C(Sc2ccccc2)c2ccccc2)nc2cc(Cl)ccc21. The van der Waals surface area contributed by atoms with Gasteiger partial charge >= 0.3 is 0 Å². The van der Waals surface area contributed by atoms with Crippen LogP contribution >= 0.6 is 23.4 Å². The predicted molar refractivity (Wildman–Crippen MR) is 117 cm³/mol. The van der Waals surface area contributed by atoms with E-state index in [4.69, 9.17) is 21.3 Å². The number of halogens is 1. The molecule has 28 heavy (non-hydrogen) atoms. The number of thioether (sulfide) groups is 1. The van der Waals surface area contributed by atoms with Gasteiger partial charge in [0.2, 0.25) is 0 Å². The molecule has 1 atom stereocenters. The number of methoxy groups -OCH3 is 1. The Hall–Kier alpha value is -2.27. The van der Waals surface area contributed by atoms with Gasteiger partial charge in [0.15, 0.2) is 0 Å². The van der Waals surface area contributed by atoms with Crippen molar-refractivity contribution in [2.75, 3.05) is 13.7 Å². The normalized spacial score (nSPS) is 12.4. The monoisotopic (exact) mass is 408 g/mol. The van der Waals surface area contributed by atoms with Gasteiger partial charge in [-0.05, 0) is 35.9 Å². The number of hydrogen-bond donors (Lipinski definition) is 0. The van der Waals surface area contributed by atoms with E-state index in [-0.39, 0.29) is 5.25 Å². The minimum Gasteiger partial charge on any atom is -0.383 e. The van der Waals surface area contributed by atoms with Gasteiger partial charge in [-0.3, -0.25) is 0 Å². The van der Waals surface area contributed by atoms with Crippen LogP contribution in [0.1, 0.15) is 16.6 Å². The second-order valence-corrected chi connectivity index (χ2v) is 8.08. The van der Waals surface area contributed by atoms with Gasteiger partial charge in [-0.2, -0.15) is 0 Å². The third kappa shape index (κ3) is 4.09. The van der Waals surface area contributed by atoms with Crippen LogP contribution < -0.4 is 0 Å². The average molecular weight is 409 g/mol. The zero-order chi connectivity index (χ0) is 19.3. The Bertz CT molecular complexity index is 1050. The van der Waals surface area contributed by atoms with Crippen LogP contribution in [-0.4, -0.2) is 23.3 Å². The first-order valence-corrected chi connectivity index (χ1v) is 10.4. The molecule has 4 aromatic rings. The summed E-state index contributed by atoms with van der Waals surface area (Å²) >= 11 is 8.04. The molecule has 3 aromatic carbocycles. The largest absolute Gasteiger partial charge is 0.383 e. The summed E-state index contributed by atoms with van der Waals surface area (Å²) in [5, 5.41) is 0.758. The van der Waals surface area contributed by atoms with Crippen LogP contribution in [0.15, 0.2) is 83.8 Å². The minimum absolute atomic E-state index is 0.0617. The molecule has 0 bridgehead atoms. The van der Waals surface area contributed by atoms with E-state index in [1.165, 1.54) is 10.5 Å². The first kappa shape index (κ1) is 19.1. The molecule has 142 valence electrons. The molecular weight excluding hydrogens is 388 g/mol. The maximum atomic E-state index is 6.23. The molecule has 0 spiro atoms. The molecule has 1 heterocycles. The summed E-state index contributed by atoms with van der Waals surface area (Å²) in [6.07, 6.45) is 0. The van der Waals surface area contributed by atoms with Crippen LogP contribution in [0.2, 0.25) is 5.02 Å². The molecule has 0 radical (unpaired) electrons. The fourth-order valence-electron chi connectivity index (χ4n) is 3.27. The lowest BCUT2D eigenvalue weighted by atomic mass is 10.1. The minimum atomic E-state index is 0.0617. The summed E-state index contributed by atoms with van der Waals surface area (Å²) in [5.41, 5.74) is 3.20. The maximum Gasteiger partial charge on any atom is 0.128 e. The van der Waals surface area contributed by atoms with Gasteiger partial charge < -0.3 is 9.30 Å². The molecule has 0 saturated carbocycles. The highest BCUT2D eigenvalue weighted by molar-refractivity contribution is 7.99. The number of aromatic nitrogens is 2. The molecule has 0 N–H and O–H groups in total. The molecule has 0 aliphatic carbocycles. The van der Waals surface area contributed by atoms with Gasteiger partial charge in [0.1, 0.15) is 5.82 Å². The van der Waals surface area contributed by atoms with Crippen LogP contribution in [0.5, 0.6) is 0 Å². The van der Waals surface area contributed by atoms with Crippen molar-refractivity contribution in [1.29, 1.82) is 0 Å². The van der Waals surface area contributed by atoms with E-state index in [1.807, 2.05) is 30.3 Å². The van der Waals surface area contributed by atoms with E-state index >= 15 is 0 Å². The van der Waals surface area contributed by atoms with Crippen molar-refractivity contribution in [3.8, 4) is 0 Å². The molecule has 0 amide bonds. The van der Waals surface area contributed by atoms with Crippen molar-refractivity contribution in [2.45, 2.75) is 16.7 Å². The highest BCUT2D eigenvalue weighted by atomic mass is 35.5. The topological polar surface area (TPSA) is 27.1 Å². The van der Waals surface area contributed by atoms with E-state index in [9.17, 15) is 0 Å². The van der Waals surface area contributed by atoms with E-state index in [1.54, 1.807) is 18.9 Å². The number of rotatable bonds is 7. The molecular formula is C23H21ClN2OS. The highest BCUT2D eigenvalue weighted by Gasteiger charge is 2.23. The highest BCUT2D eigenvalue weighted by Crippen LogP contribution is 2.41. The second kappa shape index (κ2) is 8.82. The summed E-state index contributed by atoms with van der Waals surface area (Å²) < 4.78 is 7.62. The fraction of sp³-hybridized carbons (Fsp3) is 0.174. The fourth-order valence-corrected chi connectivity index (χ4v) is 4.60. The van der Waals surface area contributed by atoms with E-state index in [0.29, 0.717) is 11.6 Å². The summed E-state index contributed by atoms with van der Waals surface area (Å²) in [6.45, 7) is 1.36. The smallest absolute Gasteiger partial charge is 0.128 e. The van der Waals surface area contributed by atoms with E-state index < -0.39 is 0 Å². The number of hydrogen-bond acceptors (Lipinski definition) is 3. The molecule has 0 aliphatic rings. The van der Waals surface area contributed by atoms with Gasteiger partial charge in [0.05, 0.1) is 22.9 Å². The van der Waals surface area contributed by atoms with Gasteiger partial charge in [-0.15, -0.1) is 11.8 Å². The van der Waals surface area contributed by atoms with Gasteiger partial charge in [0.25, 0.3) is 0 Å². The summed E-state index contributed by atoms with van der Waals surface area (Å²) in [5.74, 6) is 1.01. The maximum absolute atomic E-state index is 6.23. The third-order valence-electron chi connectivity index (χ3n) is 4.59. The van der Waals surface area contributed by atoms with Gasteiger partial charge in [0, 0.05) is 23.6 Å². The second-order valence-electron chi connectivity index (χ2n) is 6.47. The molecule has 1 unspecified atom stereocenters. The van der Waals surface area contributed by atoms with Crippen LogP contribution in [0, 0.1) is 0 Å². The first-order chi connectivity index (χ1) is 13.8. The predicted octanol–water partition coefficient (Wildman–Crippen LogP) is 6.22. The molecule has 5 heteroatoms. The Morgan fingerprint density at radius 1 is 1.00 bits per heavy atom. The summed E-state index contributed by atoms with van der Waals surface area (Å²) in [7, 11) is 1.73. The Morgan fingerprint density at radius 2 is 1.71 bits per heavy atom. The van der Waals surface area contributed by atoms with Crippen LogP contribution in [0.3, 0.4) is 0 Å². The molecule has 0 aliphatic heterocycles. The van der Waals surface area contributed by atoms with Crippen LogP contribution in [0.4, 0.5) is 0 Å². The molecule has 0 saturated heterocycles. The van der Waals surface area contributed by atoms with Crippen LogP contribution in [0.25, 0.3) is 11.0 Å². The van der Waals surface area contributed by atoms with Crippen molar-refractivity contribution < 1.29 is 4.74 Å². The average Bonchev–Trinajstić information content (AvgIpc) is 3.09. The van der Waals surface area contributed by atoms with E-state index in [2.05, 4.69) is 53.1 Å². The first-order valence-electron chi connectivity index (χ1n) is 9.17. The van der Waals surface area contributed by atoms with Crippen molar-refractivity contribution in [3.63, 3.8) is 0 Å². The number of fused-ring (bicyclic) bond motifs is 1. The number of nitrogens with zero attached hydrogens (tertiary/aromatic N) is 2. The number of benzene rings is 3. The van der Waals surface area contributed by atoms with Crippen molar-refractivity contribution in [1.82, 2.24) is 9.55 Å². The van der Waals surface area contributed by atoms with E-state index in [0.717, 1.165) is 23.4 Å². The van der Waals surface area contributed by atoms with Crippen molar-refractivity contribution in [3.05, 3.63) is 95.3 Å². The van der Waals surface area contributed by atoms with Crippen molar-refractivity contribution >= 4 is 34.4 Å². The Balaban J connectivity index is 1.86. The Morgan fingerprint density at radius 3 is 2.43 bits per heavy atom. The molecule has 0 fully saturated rings. The zero-order valence-electron chi connectivity index (χ0n) is 15.6. The lowest BCUT2D eigenvalue weighted by molar-refractivity contribution is 0.187. The zero-order valence-corrected chi connectivity index (χ0v) is 17.2. The summed E-state index contributed by atoms with van der Waals surface area (Å²) in [6, 6.07) is 26.9. The lowest BCUT2D eigenvalue weighted by Gasteiger charge is -2.19. The Labute approximate surface area is 174 Å². The number of ether oxygens (including phenoxy) is 1. The van der Waals surface area contributed by atoms with Gasteiger partial charge in [-0.1, -0.05) is 60.1 Å². The van der Waals surface area contributed by atoms with Crippen molar-refractivity contribution in [2.24, 2.45) is 0 Å². The Kier molecular flexibility index (Phi) is 6.01. The lowest BCUT2D eigenvalue weighted by Crippen LogP contribution is -2.11. The quantitative estimate of drug-likeness (QED) is 0.340. The summed E-state index contributed by atoms with van der Waals surface area (Å²) in [4.78, 5) is 6.21.